The molecule has 6 nitrogen and oxygen atoms in total. The minimum atomic E-state index is -0.408. The molecule has 0 saturated heterocycles. The van der Waals surface area contributed by atoms with Crippen LogP contribution in [-0.4, -0.2) is 35.1 Å². The van der Waals surface area contributed by atoms with E-state index in [-0.39, 0.29) is 5.78 Å². The molecule has 6 heteroatoms. The number of nitrogens with zero attached hydrogens (tertiary/aromatic N) is 3. The molecule has 0 aromatic heterocycles. The lowest BCUT2D eigenvalue weighted by Gasteiger charge is -2.23. The van der Waals surface area contributed by atoms with Crippen molar-refractivity contribution in [2.75, 3.05) is 6.61 Å². The summed E-state index contributed by atoms with van der Waals surface area (Å²) >= 11 is 0. The summed E-state index contributed by atoms with van der Waals surface area (Å²) in [6.07, 6.45) is 1.48. The van der Waals surface area contributed by atoms with Gasteiger partial charge in [-0.15, -0.1) is 10.6 Å². The van der Waals surface area contributed by atoms with Crippen LogP contribution in [0.1, 0.15) is 24.2 Å². The highest BCUT2D eigenvalue weighted by Gasteiger charge is 2.25. The van der Waals surface area contributed by atoms with E-state index in [0.29, 0.717) is 12.2 Å². The zero-order valence-corrected chi connectivity index (χ0v) is 10.4. The third kappa shape index (κ3) is 2.66. The van der Waals surface area contributed by atoms with Crippen LogP contribution >= 0.6 is 0 Å². The quantitative estimate of drug-likeness (QED) is 0.793. The molecular weight excluding hydrogens is 232 g/mol. The van der Waals surface area contributed by atoms with Crippen LogP contribution in [0.4, 0.5) is 0 Å². The first-order valence-electron chi connectivity index (χ1n) is 5.83. The molecule has 96 valence electrons. The second kappa shape index (κ2) is 5.61. The average Bonchev–Trinajstić information content (AvgIpc) is 2.87. The zero-order valence-electron chi connectivity index (χ0n) is 10.4. The minimum absolute atomic E-state index is 0.00130. The molecule has 2 rings (SSSR count). The van der Waals surface area contributed by atoms with E-state index >= 15 is 0 Å². The number of hydrogen-bond donors (Lipinski definition) is 1. The van der Waals surface area contributed by atoms with Gasteiger partial charge in [0.2, 0.25) is 0 Å². The molecule has 1 aliphatic heterocycles. The van der Waals surface area contributed by atoms with Crippen molar-refractivity contribution < 1.29 is 9.63 Å². The van der Waals surface area contributed by atoms with Crippen molar-refractivity contribution in [1.82, 2.24) is 15.8 Å². The summed E-state index contributed by atoms with van der Waals surface area (Å²) in [5.41, 5.74) is 3.51. The van der Waals surface area contributed by atoms with Crippen LogP contribution in [0.5, 0.6) is 0 Å². The summed E-state index contributed by atoms with van der Waals surface area (Å²) in [4.78, 5) is 17.4. The number of hydrazine groups is 2. The lowest BCUT2D eigenvalue weighted by Crippen LogP contribution is -2.47. The molecule has 0 amide bonds. The highest BCUT2D eigenvalue weighted by atomic mass is 16.7. The first kappa shape index (κ1) is 12.5. The fourth-order valence-corrected chi connectivity index (χ4v) is 1.60. The van der Waals surface area contributed by atoms with Gasteiger partial charge in [-0.05, 0) is 13.8 Å². The van der Waals surface area contributed by atoms with E-state index in [2.05, 4.69) is 10.6 Å². The first-order valence-corrected chi connectivity index (χ1v) is 5.83. The van der Waals surface area contributed by atoms with E-state index in [1.807, 2.05) is 25.1 Å². The van der Waals surface area contributed by atoms with Crippen LogP contribution in [0.25, 0.3) is 0 Å². The van der Waals surface area contributed by atoms with E-state index in [1.54, 1.807) is 19.1 Å². The monoisotopic (exact) mass is 248 g/mol. The Morgan fingerprint density at radius 1 is 1.44 bits per heavy atom. The smallest absolute Gasteiger partial charge is 0.188 e. The van der Waals surface area contributed by atoms with Crippen molar-refractivity contribution in [3.8, 4) is 0 Å². The predicted molar refractivity (Wildman–Crippen MR) is 67.2 cm³/mol. The number of carbonyl (C=O) groups is 1. The third-order valence-electron chi connectivity index (χ3n) is 2.55. The fourth-order valence-electron chi connectivity index (χ4n) is 1.60. The number of nitrogens with one attached hydrogen (secondary N) is 1. The van der Waals surface area contributed by atoms with Crippen LogP contribution in [0, 0.1) is 0 Å². The van der Waals surface area contributed by atoms with Gasteiger partial charge in [0.05, 0.1) is 6.61 Å². The lowest BCUT2D eigenvalue weighted by atomic mass is 10.1. The standard InChI is InChI=1S/C12H16N4O2/c1-3-18-15-9-13-16(14-15)10(2)12(17)11-7-5-4-6-8-11/h4-10,14H,3H2,1-2H3. The van der Waals surface area contributed by atoms with E-state index in [1.165, 1.54) is 16.6 Å². The van der Waals surface area contributed by atoms with E-state index in [9.17, 15) is 4.79 Å². The maximum Gasteiger partial charge on any atom is 0.188 e. The van der Waals surface area contributed by atoms with E-state index in [0.717, 1.165) is 0 Å². The van der Waals surface area contributed by atoms with Crippen LogP contribution in [-0.2, 0) is 4.84 Å². The number of Topliss-reactive ketones (excluding diaryl/α,β-unsaturated/α-hetero) is 1. The zero-order chi connectivity index (χ0) is 13.0. The molecule has 0 spiro atoms. The Hall–Kier alpha value is -1.92. The number of carbonyl (C=O) groups excluding carboxylic acids is 1. The summed E-state index contributed by atoms with van der Waals surface area (Å²) < 4.78 is 0. The van der Waals surface area contributed by atoms with Crippen molar-refractivity contribution >= 4 is 12.1 Å². The largest absolute Gasteiger partial charge is 0.292 e. The summed E-state index contributed by atoms with van der Waals surface area (Å²) in [7, 11) is 0. The molecule has 1 aromatic carbocycles. The number of ketones is 1. The number of benzene rings is 1. The topological polar surface area (TPSA) is 57.2 Å². The molecule has 1 aromatic rings. The van der Waals surface area contributed by atoms with E-state index < -0.39 is 6.04 Å². The van der Waals surface area contributed by atoms with Crippen molar-refractivity contribution in [3.63, 3.8) is 0 Å². The van der Waals surface area contributed by atoms with Crippen molar-refractivity contribution in [2.24, 2.45) is 5.10 Å². The van der Waals surface area contributed by atoms with Crippen molar-refractivity contribution in [1.29, 1.82) is 0 Å². The van der Waals surface area contributed by atoms with Gasteiger partial charge in [-0.3, -0.25) is 9.63 Å². The first-order chi connectivity index (χ1) is 8.72. The van der Waals surface area contributed by atoms with Crippen LogP contribution in [0.15, 0.2) is 35.4 Å². The molecule has 0 aliphatic carbocycles. The van der Waals surface area contributed by atoms with Gasteiger partial charge in [0.1, 0.15) is 6.04 Å². The SMILES string of the molecule is CCON1C=NN(C(C)C(=O)c2ccccc2)N1. The Morgan fingerprint density at radius 2 is 2.17 bits per heavy atom. The number of rotatable bonds is 5. The second-order valence-electron chi connectivity index (χ2n) is 3.83. The highest BCUT2D eigenvalue weighted by Crippen LogP contribution is 2.10. The molecule has 0 radical (unpaired) electrons. The van der Waals surface area contributed by atoms with Gasteiger partial charge in [0, 0.05) is 5.56 Å². The molecule has 0 bridgehead atoms. The molecule has 1 heterocycles. The van der Waals surface area contributed by atoms with Gasteiger partial charge < -0.3 is 0 Å². The van der Waals surface area contributed by atoms with Crippen molar-refractivity contribution in [3.05, 3.63) is 35.9 Å². The molecule has 0 saturated carbocycles. The van der Waals surface area contributed by atoms with Gasteiger partial charge in [0.25, 0.3) is 0 Å². The van der Waals surface area contributed by atoms with Gasteiger partial charge >= 0.3 is 0 Å². The molecule has 1 N–H and O–H groups in total. The Labute approximate surface area is 106 Å². The highest BCUT2D eigenvalue weighted by molar-refractivity contribution is 5.99. The Bertz CT molecular complexity index is 435. The third-order valence-corrected chi connectivity index (χ3v) is 2.55. The molecule has 0 fully saturated rings. The minimum Gasteiger partial charge on any atom is -0.292 e. The maximum atomic E-state index is 12.2. The number of hydrazone groups is 1. The maximum absolute atomic E-state index is 12.2. The van der Waals surface area contributed by atoms with Crippen LogP contribution in [0.3, 0.4) is 0 Å². The Balaban J connectivity index is 1.99. The average molecular weight is 248 g/mol. The molecular formula is C12H16N4O2. The van der Waals surface area contributed by atoms with Gasteiger partial charge in [-0.25, -0.2) is 0 Å². The van der Waals surface area contributed by atoms with Gasteiger partial charge in [-0.2, -0.15) is 10.3 Å². The van der Waals surface area contributed by atoms with Gasteiger partial charge in [0.15, 0.2) is 12.1 Å². The fraction of sp³-hybridized carbons (Fsp3) is 0.333. The number of hydroxylamine groups is 1. The van der Waals surface area contributed by atoms with E-state index in [4.69, 9.17) is 4.84 Å². The predicted octanol–water partition coefficient (Wildman–Crippen LogP) is 1.19. The Kier molecular flexibility index (Phi) is 3.91. The Morgan fingerprint density at radius 3 is 2.83 bits per heavy atom. The molecule has 1 atom stereocenters. The molecule has 1 unspecified atom stereocenters. The number of hydrogen-bond acceptors (Lipinski definition) is 6. The molecule has 18 heavy (non-hydrogen) atoms. The van der Waals surface area contributed by atoms with Crippen LogP contribution in [0.2, 0.25) is 0 Å². The molecule has 1 aliphatic rings. The summed E-state index contributed by atoms with van der Waals surface area (Å²) in [5.74, 6) is -0.00130. The normalized spacial score (nSPS) is 16.1. The summed E-state index contributed by atoms with van der Waals surface area (Å²) in [5, 5.41) is 6.89. The summed E-state index contributed by atoms with van der Waals surface area (Å²) in [6.45, 7) is 4.18. The second-order valence-corrected chi connectivity index (χ2v) is 3.83. The summed E-state index contributed by atoms with van der Waals surface area (Å²) in [6, 6.07) is 8.73. The van der Waals surface area contributed by atoms with Crippen LogP contribution < -0.4 is 5.53 Å². The van der Waals surface area contributed by atoms with Gasteiger partial charge in [-0.1, -0.05) is 30.3 Å². The lowest BCUT2D eigenvalue weighted by molar-refractivity contribution is -0.159. The van der Waals surface area contributed by atoms with Crippen molar-refractivity contribution in [2.45, 2.75) is 19.9 Å².